The topological polar surface area (TPSA) is 50.2 Å². The van der Waals surface area contributed by atoms with E-state index in [2.05, 4.69) is 4.98 Å². The maximum atomic E-state index is 10.6. The van der Waals surface area contributed by atoms with Gasteiger partial charge in [0.1, 0.15) is 0 Å². The molecule has 3 heteroatoms. The Bertz CT molecular complexity index is 342. The number of carboxylic acids is 1. The van der Waals surface area contributed by atoms with E-state index in [-0.39, 0.29) is 5.92 Å². The highest BCUT2D eigenvalue weighted by molar-refractivity contribution is 5.90. The third kappa shape index (κ3) is 2.69. The van der Waals surface area contributed by atoms with Crippen LogP contribution in [0, 0.1) is 5.92 Å². The van der Waals surface area contributed by atoms with E-state index in [4.69, 9.17) is 5.11 Å². The predicted octanol–water partition coefficient (Wildman–Crippen LogP) is 2.21. The van der Waals surface area contributed by atoms with Crippen LogP contribution >= 0.6 is 0 Å². The molecule has 1 aromatic heterocycles. The molecule has 0 radical (unpaired) electrons. The van der Waals surface area contributed by atoms with Crippen LogP contribution in [0.5, 0.6) is 0 Å². The first-order valence-electron chi connectivity index (χ1n) is 4.46. The van der Waals surface area contributed by atoms with Crippen LogP contribution in [-0.2, 0) is 4.79 Å². The molecule has 0 saturated heterocycles. The second kappa shape index (κ2) is 4.56. The van der Waals surface area contributed by atoms with Crippen molar-refractivity contribution in [2.24, 2.45) is 5.92 Å². The van der Waals surface area contributed by atoms with Gasteiger partial charge in [-0.25, -0.2) is 4.79 Å². The molecule has 74 valence electrons. The van der Waals surface area contributed by atoms with Crippen LogP contribution in [0.2, 0.25) is 0 Å². The third-order valence-corrected chi connectivity index (χ3v) is 1.91. The van der Waals surface area contributed by atoms with Gasteiger partial charge in [-0.3, -0.25) is 4.98 Å². The van der Waals surface area contributed by atoms with E-state index < -0.39 is 5.97 Å². The van der Waals surface area contributed by atoms with Crippen LogP contribution in [0.3, 0.4) is 0 Å². The van der Waals surface area contributed by atoms with Crippen LogP contribution in [-0.4, -0.2) is 16.1 Å². The zero-order valence-electron chi connectivity index (χ0n) is 8.27. The average molecular weight is 191 g/mol. The number of pyridine rings is 1. The summed E-state index contributed by atoms with van der Waals surface area (Å²) in [5.74, 6) is -0.723. The SMILES string of the molecule is CC(C)/C(=C/C(=O)O)c1ccncc1. The van der Waals surface area contributed by atoms with Crippen molar-refractivity contribution in [2.45, 2.75) is 13.8 Å². The quantitative estimate of drug-likeness (QED) is 0.745. The van der Waals surface area contributed by atoms with Crippen molar-refractivity contribution in [3.63, 3.8) is 0 Å². The van der Waals surface area contributed by atoms with Crippen LogP contribution in [0.1, 0.15) is 19.4 Å². The molecular formula is C11H13NO2. The summed E-state index contributed by atoms with van der Waals surface area (Å²) in [5, 5.41) is 8.70. The molecule has 0 saturated carbocycles. The second-order valence-electron chi connectivity index (χ2n) is 3.33. The lowest BCUT2D eigenvalue weighted by Crippen LogP contribution is -1.98. The molecule has 14 heavy (non-hydrogen) atoms. The van der Waals surface area contributed by atoms with Gasteiger partial charge >= 0.3 is 5.97 Å². The van der Waals surface area contributed by atoms with Crippen molar-refractivity contribution < 1.29 is 9.90 Å². The minimum atomic E-state index is -0.912. The van der Waals surface area contributed by atoms with Crippen molar-refractivity contribution in [3.05, 3.63) is 36.2 Å². The van der Waals surface area contributed by atoms with Gasteiger partial charge in [0.25, 0.3) is 0 Å². The second-order valence-corrected chi connectivity index (χ2v) is 3.33. The van der Waals surface area contributed by atoms with E-state index in [1.165, 1.54) is 6.08 Å². The number of carboxylic acid groups (broad SMARTS) is 1. The minimum absolute atomic E-state index is 0.188. The number of hydrogen-bond acceptors (Lipinski definition) is 2. The third-order valence-electron chi connectivity index (χ3n) is 1.91. The molecule has 0 spiro atoms. The highest BCUT2D eigenvalue weighted by Crippen LogP contribution is 2.21. The zero-order valence-corrected chi connectivity index (χ0v) is 8.27. The fourth-order valence-electron chi connectivity index (χ4n) is 1.26. The normalized spacial score (nSPS) is 11.8. The van der Waals surface area contributed by atoms with E-state index in [1.54, 1.807) is 12.4 Å². The number of aromatic nitrogens is 1. The first kappa shape index (κ1) is 10.4. The summed E-state index contributed by atoms with van der Waals surface area (Å²) >= 11 is 0. The van der Waals surface area contributed by atoms with Gasteiger partial charge in [-0.05, 0) is 29.2 Å². The first-order chi connectivity index (χ1) is 6.61. The molecule has 0 aliphatic rings. The van der Waals surface area contributed by atoms with E-state index >= 15 is 0 Å². The van der Waals surface area contributed by atoms with Crippen LogP contribution in [0.15, 0.2) is 30.6 Å². The zero-order chi connectivity index (χ0) is 10.6. The Labute approximate surface area is 83.1 Å². The number of nitrogens with zero attached hydrogens (tertiary/aromatic N) is 1. The maximum Gasteiger partial charge on any atom is 0.328 e. The monoisotopic (exact) mass is 191 g/mol. The Kier molecular flexibility index (Phi) is 3.40. The Morgan fingerprint density at radius 1 is 1.43 bits per heavy atom. The molecule has 0 amide bonds. The van der Waals surface area contributed by atoms with Crippen molar-refractivity contribution >= 4 is 11.5 Å². The lowest BCUT2D eigenvalue weighted by atomic mass is 9.96. The Morgan fingerprint density at radius 3 is 2.43 bits per heavy atom. The van der Waals surface area contributed by atoms with Gasteiger partial charge in [0.2, 0.25) is 0 Å². The van der Waals surface area contributed by atoms with Crippen molar-refractivity contribution in [3.8, 4) is 0 Å². The molecule has 1 heterocycles. The molecule has 0 bridgehead atoms. The minimum Gasteiger partial charge on any atom is -0.478 e. The molecule has 3 nitrogen and oxygen atoms in total. The van der Waals surface area contributed by atoms with Gasteiger partial charge in [0.05, 0.1) is 0 Å². The fourth-order valence-corrected chi connectivity index (χ4v) is 1.26. The smallest absolute Gasteiger partial charge is 0.328 e. The average Bonchev–Trinajstić information content (AvgIpc) is 2.15. The van der Waals surface area contributed by atoms with Crippen LogP contribution in [0.4, 0.5) is 0 Å². The van der Waals surface area contributed by atoms with E-state index in [0.29, 0.717) is 0 Å². The molecule has 0 aromatic carbocycles. The van der Waals surface area contributed by atoms with E-state index in [1.807, 2.05) is 26.0 Å². The molecule has 0 atom stereocenters. The standard InChI is InChI=1S/C11H13NO2/c1-8(2)10(7-11(13)14)9-3-5-12-6-4-9/h3-8H,1-2H3,(H,13,14)/b10-7-. The number of carbonyl (C=O) groups is 1. The molecule has 1 rings (SSSR count). The van der Waals surface area contributed by atoms with Crippen molar-refractivity contribution in [2.75, 3.05) is 0 Å². The summed E-state index contributed by atoms with van der Waals surface area (Å²) in [6, 6.07) is 3.63. The summed E-state index contributed by atoms with van der Waals surface area (Å²) in [4.78, 5) is 14.5. The van der Waals surface area contributed by atoms with Gasteiger partial charge in [-0.1, -0.05) is 13.8 Å². The van der Waals surface area contributed by atoms with Gasteiger partial charge in [0, 0.05) is 18.5 Å². The molecule has 1 aromatic rings. The highest BCUT2D eigenvalue weighted by Gasteiger charge is 2.07. The number of aliphatic carboxylic acids is 1. The summed E-state index contributed by atoms with van der Waals surface area (Å²) in [5.41, 5.74) is 1.73. The van der Waals surface area contributed by atoms with Gasteiger partial charge in [0.15, 0.2) is 0 Å². The lowest BCUT2D eigenvalue weighted by molar-refractivity contribution is -0.131. The molecule has 0 fully saturated rings. The lowest BCUT2D eigenvalue weighted by Gasteiger charge is -2.09. The number of hydrogen-bond donors (Lipinski definition) is 1. The molecule has 0 aliphatic heterocycles. The van der Waals surface area contributed by atoms with Gasteiger partial charge in [-0.2, -0.15) is 0 Å². The largest absolute Gasteiger partial charge is 0.478 e. The summed E-state index contributed by atoms with van der Waals surface area (Å²) in [7, 11) is 0. The predicted molar refractivity (Wildman–Crippen MR) is 54.7 cm³/mol. The molecule has 0 unspecified atom stereocenters. The summed E-state index contributed by atoms with van der Waals surface area (Å²) in [6.45, 7) is 3.93. The van der Waals surface area contributed by atoms with E-state index in [9.17, 15) is 4.79 Å². The van der Waals surface area contributed by atoms with Gasteiger partial charge < -0.3 is 5.11 Å². The first-order valence-corrected chi connectivity index (χ1v) is 4.46. The Hall–Kier alpha value is -1.64. The van der Waals surface area contributed by atoms with Crippen molar-refractivity contribution in [1.82, 2.24) is 4.98 Å². The molecular weight excluding hydrogens is 178 g/mol. The van der Waals surface area contributed by atoms with Crippen molar-refractivity contribution in [1.29, 1.82) is 0 Å². The maximum absolute atomic E-state index is 10.6. The van der Waals surface area contributed by atoms with Gasteiger partial charge in [-0.15, -0.1) is 0 Å². The Morgan fingerprint density at radius 2 is 2.00 bits per heavy atom. The number of rotatable bonds is 3. The summed E-state index contributed by atoms with van der Waals surface area (Å²) in [6.07, 6.45) is 4.57. The van der Waals surface area contributed by atoms with E-state index in [0.717, 1.165) is 11.1 Å². The molecule has 1 N–H and O–H groups in total. The Balaban J connectivity index is 3.08. The highest BCUT2D eigenvalue weighted by atomic mass is 16.4. The summed E-state index contributed by atoms with van der Waals surface area (Å²) < 4.78 is 0. The fraction of sp³-hybridized carbons (Fsp3) is 0.273. The number of allylic oxidation sites excluding steroid dienone is 1. The van der Waals surface area contributed by atoms with Crippen LogP contribution in [0.25, 0.3) is 5.57 Å². The van der Waals surface area contributed by atoms with Crippen LogP contribution < -0.4 is 0 Å². The molecule has 0 aliphatic carbocycles.